The fourth-order valence-corrected chi connectivity index (χ4v) is 2.65. The van der Waals surface area contributed by atoms with Crippen molar-refractivity contribution in [1.82, 2.24) is 15.1 Å². The molecule has 2 rings (SSSR count). The summed E-state index contributed by atoms with van der Waals surface area (Å²) in [4.78, 5) is 16.7. The summed E-state index contributed by atoms with van der Waals surface area (Å²) in [6.07, 6.45) is 1.00. The maximum atomic E-state index is 12.1. The van der Waals surface area contributed by atoms with Crippen molar-refractivity contribution in [2.45, 2.75) is 26.8 Å². The molecule has 1 aromatic rings. The van der Waals surface area contributed by atoms with E-state index >= 15 is 0 Å². The molecule has 1 N–H and O–H groups in total. The zero-order valence-electron chi connectivity index (χ0n) is 14.4. The SMILES string of the molecule is CCCOc1ccc(CNC(=O)CN2CCN(CC)CC2)cc1. The largest absolute Gasteiger partial charge is 0.494 e. The van der Waals surface area contributed by atoms with Gasteiger partial charge < -0.3 is 15.0 Å². The number of hydrogen-bond donors (Lipinski definition) is 1. The van der Waals surface area contributed by atoms with Crippen LogP contribution in [0, 0.1) is 0 Å². The van der Waals surface area contributed by atoms with Crippen molar-refractivity contribution in [2.24, 2.45) is 0 Å². The van der Waals surface area contributed by atoms with Crippen LogP contribution in [0.1, 0.15) is 25.8 Å². The van der Waals surface area contributed by atoms with E-state index < -0.39 is 0 Å². The van der Waals surface area contributed by atoms with Crippen LogP contribution in [-0.4, -0.2) is 61.6 Å². The van der Waals surface area contributed by atoms with Crippen molar-refractivity contribution in [3.05, 3.63) is 29.8 Å². The molecular weight excluding hydrogens is 290 g/mol. The van der Waals surface area contributed by atoms with Gasteiger partial charge in [0.25, 0.3) is 0 Å². The third kappa shape index (κ3) is 6.20. The van der Waals surface area contributed by atoms with Crippen molar-refractivity contribution < 1.29 is 9.53 Å². The predicted octanol–water partition coefficient (Wildman–Crippen LogP) is 1.73. The van der Waals surface area contributed by atoms with Crippen molar-refractivity contribution in [3.8, 4) is 5.75 Å². The summed E-state index contributed by atoms with van der Waals surface area (Å²) in [5.74, 6) is 0.983. The van der Waals surface area contributed by atoms with E-state index in [0.717, 1.165) is 57.1 Å². The fourth-order valence-electron chi connectivity index (χ4n) is 2.65. The predicted molar refractivity (Wildman–Crippen MR) is 92.6 cm³/mol. The van der Waals surface area contributed by atoms with Crippen molar-refractivity contribution in [2.75, 3.05) is 45.9 Å². The maximum Gasteiger partial charge on any atom is 0.234 e. The molecule has 128 valence electrons. The van der Waals surface area contributed by atoms with Crippen LogP contribution >= 0.6 is 0 Å². The molecule has 1 fully saturated rings. The van der Waals surface area contributed by atoms with E-state index in [0.29, 0.717) is 13.1 Å². The number of nitrogens with zero attached hydrogens (tertiary/aromatic N) is 2. The Morgan fingerprint density at radius 2 is 1.74 bits per heavy atom. The quantitative estimate of drug-likeness (QED) is 0.792. The van der Waals surface area contributed by atoms with E-state index in [9.17, 15) is 4.79 Å². The molecule has 0 atom stereocenters. The lowest BCUT2D eigenvalue weighted by Gasteiger charge is -2.33. The fraction of sp³-hybridized carbons (Fsp3) is 0.611. The molecule has 0 spiro atoms. The number of likely N-dealkylation sites (N-methyl/N-ethyl adjacent to an activating group) is 1. The van der Waals surface area contributed by atoms with Crippen LogP contribution in [0.15, 0.2) is 24.3 Å². The van der Waals surface area contributed by atoms with E-state index in [4.69, 9.17) is 4.74 Å². The standard InChI is InChI=1S/C18H29N3O2/c1-3-13-23-17-7-5-16(6-8-17)14-19-18(22)15-21-11-9-20(4-2)10-12-21/h5-8H,3-4,9-15H2,1-2H3,(H,19,22). The van der Waals surface area contributed by atoms with Gasteiger partial charge in [-0.05, 0) is 30.7 Å². The molecule has 1 saturated heterocycles. The van der Waals surface area contributed by atoms with Gasteiger partial charge in [-0.15, -0.1) is 0 Å². The zero-order valence-corrected chi connectivity index (χ0v) is 14.4. The smallest absolute Gasteiger partial charge is 0.234 e. The Hall–Kier alpha value is -1.59. The Bertz CT molecular complexity index is 468. The molecule has 5 nitrogen and oxygen atoms in total. The summed E-state index contributed by atoms with van der Waals surface area (Å²) in [5, 5.41) is 3.00. The first-order valence-corrected chi connectivity index (χ1v) is 8.64. The molecule has 23 heavy (non-hydrogen) atoms. The van der Waals surface area contributed by atoms with Gasteiger partial charge >= 0.3 is 0 Å². The van der Waals surface area contributed by atoms with Gasteiger partial charge in [0, 0.05) is 32.7 Å². The van der Waals surface area contributed by atoms with Crippen LogP contribution in [0.5, 0.6) is 5.75 Å². The average molecular weight is 319 g/mol. The van der Waals surface area contributed by atoms with Crippen LogP contribution in [0.4, 0.5) is 0 Å². The van der Waals surface area contributed by atoms with Crippen LogP contribution in [-0.2, 0) is 11.3 Å². The number of amides is 1. The van der Waals surface area contributed by atoms with Gasteiger partial charge in [0.05, 0.1) is 13.2 Å². The summed E-state index contributed by atoms with van der Waals surface area (Å²) < 4.78 is 5.56. The third-order valence-corrected chi connectivity index (χ3v) is 4.17. The third-order valence-electron chi connectivity index (χ3n) is 4.17. The molecule has 0 radical (unpaired) electrons. The second-order valence-corrected chi connectivity index (χ2v) is 5.98. The number of nitrogens with one attached hydrogen (secondary N) is 1. The van der Waals surface area contributed by atoms with Gasteiger partial charge in [0.15, 0.2) is 0 Å². The van der Waals surface area contributed by atoms with E-state index in [2.05, 4.69) is 29.0 Å². The van der Waals surface area contributed by atoms with Gasteiger partial charge in [-0.1, -0.05) is 26.0 Å². The van der Waals surface area contributed by atoms with Gasteiger partial charge in [-0.3, -0.25) is 9.69 Å². The summed E-state index contributed by atoms with van der Waals surface area (Å²) in [6.45, 7) is 11.2. The minimum Gasteiger partial charge on any atom is -0.494 e. The molecule has 1 heterocycles. The number of ether oxygens (including phenoxy) is 1. The number of carbonyl (C=O) groups is 1. The lowest BCUT2D eigenvalue weighted by atomic mass is 10.2. The van der Waals surface area contributed by atoms with Gasteiger partial charge in [-0.25, -0.2) is 0 Å². The minimum absolute atomic E-state index is 0.0984. The highest BCUT2D eigenvalue weighted by molar-refractivity contribution is 5.78. The molecular formula is C18H29N3O2. The van der Waals surface area contributed by atoms with Crippen molar-refractivity contribution >= 4 is 5.91 Å². The summed E-state index contributed by atoms with van der Waals surface area (Å²) in [5.41, 5.74) is 1.10. The molecule has 0 unspecified atom stereocenters. The molecule has 1 aromatic carbocycles. The topological polar surface area (TPSA) is 44.8 Å². The highest BCUT2D eigenvalue weighted by Gasteiger charge is 2.17. The molecule has 1 amide bonds. The molecule has 0 saturated carbocycles. The molecule has 0 aliphatic carbocycles. The highest BCUT2D eigenvalue weighted by Crippen LogP contribution is 2.12. The Morgan fingerprint density at radius 3 is 2.35 bits per heavy atom. The van der Waals surface area contributed by atoms with Gasteiger partial charge in [0.1, 0.15) is 5.75 Å². The first-order chi connectivity index (χ1) is 11.2. The normalized spacial score (nSPS) is 16.3. The first-order valence-electron chi connectivity index (χ1n) is 8.64. The molecule has 5 heteroatoms. The number of carbonyl (C=O) groups excluding carboxylic acids is 1. The second kappa shape index (κ2) is 9.53. The van der Waals surface area contributed by atoms with Gasteiger partial charge in [0.2, 0.25) is 5.91 Å². The molecule has 0 aromatic heterocycles. The van der Waals surface area contributed by atoms with E-state index in [-0.39, 0.29) is 5.91 Å². The van der Waals surface area contributed by atoms with Crippen LogP contribution in [0.2, 0.25) is 0 Å². The zero-order chi connectivity index (χ0) is 16.5. The molecule has 0 bridgehead atoms. The van der Waals surface area contributed by atoms with Crippen LogP contribution in [0.25, 0.3) is 0 Å². The maximum absolute atomic E-state index is 12.1. The van der Waals surface area contributed by atoms with Crippen LogP contribution < -0.4 is 10.1 Å². The average Bonchev–Trinajstić information content (AvgIpc) is 2.59. The Morgan fingerprint density at radius 1 is 1.09 bits per heavy atom. The summed E-state index contributed by atoms with van der Waals surface area (Å²) in [6, 6.07) is 7.93. The van der Waals surface area contributed by atoms with Crippen molar-refractivity contribution in [3.63, 3.8) is 0 Å². The van der Waals surface area contributed by atoms with E-state index in [1.807, 2.05) is 24.3 Å². The number of rotatable bonds is 8. The monoisotopic (exact) mass is 319 g/mol. The first kappa shape index (κ1) is 17.8. The number of hydrogen-bond acceptors (Lipinski definition) is 4. The Kier molecular flexibility index (Phi) is 7.36. The molecule has 1 aliphatic rings. The lowest BCUT2D eigenvalue weighted by Crippen LogP contribution is -2.49. The van der Waals surface area contributed by atoms with Gasteiger partial charge in [-0.2, -0.15) is 0 Å². The summed E-state index contributed by atoms with van der Waals surface area (Å²) >= 11 is 0. The summed E-state index contributed by atoms with van der Waals surface area (Å²) in [7, 11) is 0. The van der Waals surface area contributed by atoms with E-state index in [1.165, 1.54) is 0 Å². The second-order valence-electron chi connectivity index (χ2n) is 5.98. The Balaban J connectivity index is 1.68. The van der Waals surface area contributed by atoms with Crippen LogP contribution in [0.3, 0.4) is 0 Å². The number of benzene rings is 1. The van der Waals surface area contributed by atoms with E-state index in [1.54, 1.807) is 0 Å². The Labute approximate surface area is 139 Å². The highest BCUT2D eigenvalue weighted by atomic mass is 16.5. The lowest BCUT2D eigenvalue weighted by molar-refractivity contribution is -0.122. The van der Waals surface area contributed by atoms with Crippen molar-refractivity contribution in [1.29, 1.82) is 0 Å². The number of piperazine rings is 1. The minimum atomic E-state index is 0.0984. The molecule has 1 aliphatic heterocycles.